The zero-order chi connectivity index (χ0) is 12.5. The molecule has 0 fully saturated rings. The molecule has 0 spiro atoms. The van der Waals surface area contributed by atoms with Crippen molar-refractivity contribution in [2.45, 2.75) is 6.54 Å². The number of pyridine rings is 1. The Kier molecular flexibility index (Phi) is 6.54. The van der Waals surface area contributed by atoms with E-state index in [2.05, 4.69) is 9.88 Å². The molecular weight excluding hydrogens is 218 g/mol. The molecule has 0 unspecified atom stereocenters. The van der Waals surface area contributed by atoms with Gasteiger partial charge in [0.25, 0.3) is 0 Å². The lowest BCUT2D eigenvalue weighted by molar-refractivity contribution is 0.190. The lowest BCUT2D eigenvalue weighted by Crippen LogP contribution is -2.30. The first-order valence-corrected chi connectivity index (χ1v) is 5.69. The second-order valence-corrected chi connectivity index (χ2v) is 3.68. The predicted octanol–water partition coefficient (Wildman–Crippen LogP) is 0.640. The molecule has 1 heterocycles. The van der Waals surface area contributed by atoms with Crippen LogP contribution < -0.4 is 10.6 Å². The van der Waals surface area contributed by atoms with E-state index in [4.69, 9.17) is 15.2 Å². The number of hydrogen-bond donors (Lipinski definition) is 1. The molecular formula is C12H21N3O2. The van der Waals surface area contributed by atoms with Crippen molar-refractivity contribution in [1.82, 2.24) is 4.98 Å². The Balaban J connectivity index is 2.71. The van der Waals surface area contributed by atoms with E-state index in [1.165, 1.54) is 0 Å². The second kappa shape index (κ2) is 8.00. The van der Waals surface area contributed by atoms with Gasteiger partial charge >= 0.3 is 0 Å². The highest BCUT2D eigenvalue weighted by molar-refractivity contribution is 5.46. The van der Waals surface area contributed by atoms with Gasteiger partial charge in [-0.2, -0.15) is 0 Å². The van der Waals surface area contributed by atoms with Crippen LogP contribution in [0.25, 0.3) is 0 Å². The Bertz CT molecular complexity index is 312. The van der Waals surface area contributed by atoms with E-state index >= 15 is 0 Å². The molecule has 1 rings (SSSR count). The van der Waals surface area contributed by atoms with Crippen molar-refractivity contribution < 1.29 is 9.47 Å². The van der Waals surface area contributed by atoms with Crippen LogP contribution >= 0.6 is 0 Å². The van der Waals surface area contributed by atoms with Crippen LogP contribution in [0.2, 0.25) is 0 Å². The molecule has 1 aromatic heterocycles. The van der Waals surface area contributed by atoms with Crippen LogP contribution in [0.1, 0.15) is 5.69 Å². The minimum absolute atomic E-state index is 0.455. The lowest BCUT2D eigenvalue weighted by Gasteiger charge is -2.24. The minimum atomic E-state index is 0.455. The summed E-state index contributed by atoms with van der Waals surface area (Å²) < 4.78 is 10.2. The fraction of sp³-hybridized carbons (Fsp3) is 0.583. The minimum Gasteiger partial charge on any atom is -0.383 e. The Morgan fingerprint density at radius 1 is 1.24 bits per heavy atom. The van der Waals surface area contributed by atoms with Crippen LogP contribution in [-0.4, -0.2) is 45.5 Å². The molecule has 0 saturated heterocycles. The molecule has 0 aliphatic rings. The molecule has 0 bridgehead atoms. The van der Waals surface area contributed by atoms with Crippen LogP contribution in [0, 0.1) is 0 Å². The van der Waals surface area contributed by atoms with Crippen molar-refractivity contribution in [3.05, 3.63) is 24.0 Å². The average molecular weight is 239 g/mol. The van der Waals surface area contributed by atoms with E-state index in [9.17, 15) is 0 Å². The smallest absolute Gasteiger partial charge is 0.0637 e. The average Bonchev–Trinajstić information content (AvgIpc) is 2.39. The number of methoxy groups -OCH3 is 2. The van der Waals surface area contributed by atoms with E-state index in [1.54, 1.807) is 20.4 Å². The van der Waals surface area contributed by atoms with Gasteiger partial charge in [-0.1, -0.05) is 0 Å². The van der Waals surface area contributed by atoms with Crippen LogP contribution in [0.3, 0.4) is 0 Å². The molecule has 2 N–H and O–H groups in total. The Labute approximate surface area is 103 Å². The van der Waals surface area contributed by atoms with Crippen molar-refractivity contribution in [1.29, 1.82) is 0 Å². The van der Waals surface area contributed by atoms with Gasteiger partial charge in [0.15, 0.2) is 0 Å². The van der Waals surface area contributed by atoms with Crippen LogP contribution in [0.15, 0.2) is 18.3 Å². The summed E-state index contributed by atoms with van der Waals surface area (Å²) in [7, 11) is 3.40. The molecule has 17 heavy (non-hydrogen) atoms. The van der Waals surface area contributed by atoms with Crippen LogP contribution in [0.5, 0.6) is 0 Å². The van der Waals surface area contributed by atoms with Gasteiger partial charge < -0.3 is 20.1 Å². The quantitative estimate of drug-likeness (QED) is 0.721. The van der Waals surface area contributed by atoms with E-state index in [0.717, 1.165) is 24.5 Å². The zero-order valence-corrected chi connectivity index (χ0v) is 10.6. The predicted molar refractivity (Wildman–Crippen MR) is 68.1 cm³/mol. The standard InChI is InChI=1S/C12H21N3O2/c1-16-7-5-15(6-8-17-2)12-3-4-14-11(9-12)10-13/h3-4,9H,5-8,10,13H2,1-2H3. The molecule has 5 heteroatoms. The third-order valence-corrected chi connectivity index (χ3v) is 2.51. The first-order valence-electron chi connectivity index (χ1n) is 5.69. The van der Waals surface area contributed by atoms with Gasteiger partial charge in [-0.25, -0.2) is 0 Å². The summed E-state index contributed by atoms with van der Waals surface area (Å²) in [6.45, 7) is 3.48. The van der Waals surface area contributed by atoms with Crippen molar-refractivity contribution in [2.75, 3.05) is 45.4 Å². The highest BCUT2D eigenvalue weighted by Gasteiger charge is 2.06. The summed E-state index contributed by atoms with van der Waals surface area (Å²) in [5.41, 5.74) is 7.59. The number of ether oxygens (including phenoxy) is 2. The second-order valence-electron chi connectivity index (χ2n) is 3.68. The number of anilines is 1. The maximum Gasteiger partial charge on any atom is 0.0637 e. The number of nitrogens with zero attached hydrogens (tertiary/aromatic N) is 2. The molecule has 0 atom stereocenters. The van der Waals surface area contributed by atoms with Crippen LogP contribution in [-0.2, 0) is 16.0 Å². The first-order chi connectivity index (χ1) is 8.31. The SMILES string of the molecule is COCCN(CCOC)c1ccnc(CN)c1. The molecule has 0 aromatic carbocycles. The topological polar surface area (TPSA) is 60.6 Å². The molecule has 0 saturated carbocycles. The van der Waals surface area contributed by atoms with Crippen molar-refractivity contribution >= 4 is 5.69 Å². The van der Waals surface area contributed by atoms with E-state index in [1.807, 2.05) is 12.1 Å². The Morgan fingerprint density at radius 3 is 2.41 bits per heavy atom. The summed E-state index contributed by atoms with van der Waals surface area (Å²) in [6.07, 6.45) is 1.78. The first kappa shape index (κ1) is 13.9. The zero-order valence-electron chi connectivity index (χ0n) is 10.6. The van der Waals surface area contributed by atoms with Gasteiger partial charge in [0.1, 0.15) is 0 Å². The highest BCUT2D eigenvalue weighted by atomic mass is 16.5. The Hall–Kier alpha value is -1.17. The Morgan fingerprint density at radius 2 is 1.88 bits per heavy atom. The van der Waals surface area contributed by atoms with E-state index < -0.39 is 0 Å². The maximum atomic E-state index is 5.59. The maximum absolute atomic E-state index is 5.59. The van der Waals surface area contributed by atoms with Gasteiger partial charge in [-0.05, 0) is 12.1 Å². The number of rotatable bonds is 8. The summed E-state index contributed by atoms with van der Waals surface area (Å²) in [5.74, 6) is 0. The highest BCUT2D eigenvalue weighted by Crippen LogP contribution is 2.14. The lowest BCUT2D eigenvalue weighted by atomic mass is 10.3. The fourth-order valence-corrected chi connectivity index (χ4v) is 1.55. The van der Waals surface area contributed by atoms with Gasteiger partial charge in [-0.3, -0.25) is 4.98 Å². The van der Waals surface area contributed by atoms with E-state index in [0.29, 0.717) is 19.8 Å². The molecule has 96 valence electrons. The summed E-state index contributed by atoms with van der Waals surface area (Å²) >= 11 is 0. The molecule has 0 radical (unpaired) electrons. The largest absolute Gasteiger partial charge is 0.383 e. The van der Waals surface area contributed by atoms with Crippen LogP contribution in [0.4, 0.5) is 5.69 Å². The van der Waals surface area contributed by atoms with Gasteiger partial charge in [0, 0.05) is 45.7 Å². The molecule has 1 aromatic rings. The van der Waals surface area contributed by atoms with Crippen molar-refractivity contribution in [3.63, 3.8) is 0 Å². The summed E-state index contributed by atoms with van der Waals surface area (Å²) in [5, 5.41) is 0. The number of aromatic nitrogens is 1. The monoisotopic (exact) mass is 239 g/mol. The summed E-state index contributed by atoms with van der Waals surface area (Å²) in [4.78, 5) is 6.39. The molecule has 0 aliphatic carbocycles. The third-order valence-electron chi connectivity index (χ3n) is 2.51. The van der Waals surface area contributed by atoms with Crippen molar-refractivity contribution in [2.24, 2.45) is 5.73 Å². The summed E-state index contributed by atoms with van der Waals surface area (Å²) in [6, 6.07) is 3.98. The molecule has 5 nitrogen and oxygen atoms in total. The van der Waals surface area contributed by atoms with E-state index in [-0.39, 0.29) is 0 Å². The van der Waals surface area contributed by atoms with Gasteiger partial charge in [0.05, 0.1) is 18.9 Å². The fourth-order valence-electron chi connectivity index (χ4n) is 1.55. The van der Waals surface area contributed by atoms with Crippen molar-refractivity contribution in [3.8, 4) is 0 Å². The van der Waals surface area contributed by atoms with Gasteiger partial charge in [-0.15, -0.1) is 0 Å². The molecule has 0 aliphatic heterocycles. The molecule has 0 amide bonds. The van der Waals surface area contributed by atoms with Gasteiger partial charge in [0.2, 0.25) is 0 Å². The normalized spacial score (nSPS) is 10.5. The third kappa shape index (κ3) is 4.68. The number of nitrogens with two attached hydrogens (primary N) is 1. The number of hydrogen-bond acceptors (Lipinski definition) is 5.